The van der Waals surface area contributed by atoms with Crippen LogP contribution in [0.3, 0.4) is 0 Å². The SMILES string of the molecule is Cc1ccc(NC(=O)/C=C/c2ccc(/C(N)=C(/N)c3ccc(/C=C/C(=O)O)cc3)cc2)cc1. The van der Waals surface area contributed by atoms with E-state index in [0.717, 1.165) is 39.6 Å². The van der Waals surface area contributed by atoms with Gasteiger partial charge < -0.3 is 21.9 Å². The highest BCUT2D eigenvalue weighted by atomic mass is 16.4. The van der Waals surface area contributed by atoms with Gasteiger partial charge in [-0.05, 0) is 53.5 Å². The number of aryl methyl sites for hydroxylation is 1. The molecule has 0 atom stereocenters. The van der Waals surface area contributed by atoms with Gasteiger partial charge >= 0.3 is 5.97 Å². The summed E-state index contributed by atoms with van der Waals surface area (Å²) in [4.78, 5) is 22.7. The van der Waals surface area contributed by atoms with E-state index in [1.54, 1.807) is 30.3 Å². The van der Waals surface area contributed by atoms with Gasteiger partial charge in [0, 0.05) is 17.8 Å². The van der Waals surface area contributed by atoms with Gasteiger partial charge in [0.1, 0.15) is 0 Å². The number of amides is 1. The smallest absolute Gasteiger partial charge is 0.328 e. The lowest BCUT2D eigenvalue weighted by atomic mass is 10.0. The molecule has 0 saturated heterocycles. The summed E-state index contributed by atoms with van der Waals surface area (Å²) in [5.41, 5.74) is 18.3. The molecule has 6 nitrogen and oxygen atoms in total. The molecule has 6 heteroatoms. The summed E-state index contributed by atoms with van der Waals surface area (Å²) < 4.78 is 0. The first-order valence-electron chi connectivity index (χ1n) is 10.2. The van der Waals surface area contributed by atoms with Crippen molar-refractivity contribution in [2.45, 2.75) is 6.92 Å². The molecule has 6 N–H and O–H groups in total. The molecule has 0 aliphatic carbocycles. The molecular formula is C27H25N3O3. The van der Waals surface area contributed by atoms with Crippen molar-refractivity contribution in [3.8, 4) is 0 Å². The number of anilines is 1. The average Bonchev–Trinajstić information content (AvgIpc) is 2.82. The largest absolute Gasteiger partial charge is 0.478 e. The van der Waals surface area contributed by atoms with Gasteiger partial charge in [0.2, 0.25) is 5.91 Å². The van der Waals surface area contributed by atoms with Gasteiger partial charge in [0.05, 0.1) is 11.4 Å². The summed E-state index contributed by atoms with van der Waals surface area (Å²) in [5.74, 6) is -1.22. The first-order chi connectivity index (χ1) is 15.8. The molecule has 0 fully saturated rings. The summed E-state index contributed by atoms with van der Waals surface area (Å²) in [6.07, 6.45) is 5.77. The number of benzene rings is 3. The van der Waals surface area contributed by atoms with Gasteiger partial charge in [-0.15, -0.1) is 0 Å². The molecule has 0 saturated carbocycles. The zero-order chi connectivity index (χ0) is 23.8. The Kier molecular flexibility index (Phi) is 7.44. The molecule has 0 aliphatic heterocycles. The van der Waals surface area contributed by atoms with Crippen LogP contribution in [0.5, 0.6) is 0 Å². The summed E-state index contributed by atoms with van der Waals surface area (Å²) in [6, 6.07) is 22.1. The highest BCUT2D eigenvalue weighted by Crippen LogP contribution is 2.20. The normalized spacial score (nSPS) is 12.0. The van der Waals surface area contributed by atoms with E-state index in [9.17, 15) is 9.59 Å². The van der Waals surface area contributed by atoms with Crippen molar-refractivity contribution in [3.63, 3.8) is 0 Å². The Bertz CT molecular complexity index is 1220. The number of carbonyl (C=O) groups excluding carboxylic acids is 1. The molecule has 0 heterocycles. The van der Waals surface area contributed by atoms with Crippen LogP contribution in [0.25, 0.3) is 23.5 Å². The zero-order valence-corrected chi connectivity index (χ0v) is 18.2. The van der Waals surface area contributed by atoms with Gasteiger partial charge in [-0.3, -0.25) is 4.79 Å². The molecule has 33 heavy (non-hydrogen) atoms. The maximum absolute atomic E-state index is 12.1. The lowest BCUT2D eigenvalue weighted by Gasteiger charge is -2.09. The topological polar surface area (TPSA) is 118 Å². The second kappa shape index (κ2) is 10.6. The fourth-order valence-electron chi connectivity index (χ4n) is 3.02. The van der Waals surface area contributed by atoms with Crippen LogP contribution in [-0.4, -0.2) is 17.0 Å². The molecule has 0 aromatic heterocycles. The third kappa shape index (κ3) is 6.70. The Balaban J connectivity index is 1.67. The maximum atomic E-state index is 12.1. The monoisotopic (exact) mass is 439 g/mol. The predicted molar refractivity (Wildman–Crippen MR) is 134 cm³/mol. The maximum Gasteiger partial charge on any atom is 0.328 e. The van der Waals surface area contributed by atoms with Gasteiger partial charge in [-0.1, -0.05) is 66.2 Å². The standard InChI is InChI=1S/C27H25N3O3/c1-18-2-14-23(15-3-18)30-24(31)16-8-19-4-10-21(11-5-19)26(28)27(29)22-12-6-20(7-13-22)9-17-25(32)33/h2-17H,28-29H2,1H3,(H,30,31)(H,32,33)/b16-8+,17-9+,27-26-. The van der Waals surface area contributed by atoms with E-state index in [-0.39, 0.29) is 5.91 Å². The van der Waals surface area contributed by atoms with Crippen molar-refractivity contribution in [3.05, 3.63) is 113 Å². The number of nitrogens with one attached hydrogen (secondary N) is 1. The van der Waals surface area contributed by atoms with Crippen molar-refractivity contribution in [2.24, 2.45) is 11.5 Å². The second-order valence-electron chi connectivity index (χ2n) is 7.43. The number of carbonyl (C=O) groups is 2. The quantitative estimate of drug-likeness (QED) is 0.320. The van der Waals surface area contributed by atoms with Crippen molar-refractivity contribution < 1.29 is 14.7 Å². The molecule has 0 unspecified atom stereocenters. The molecule has 0 bridgehead atoms. The van der Waals surface area contributed by atoms with Crippen LogP contribution >= 0.6 is 0 Å². The molecule has 3 aromatic rings. The third-order valence-electron chi connectivity index (χ3n) is 4.90. The predicted octanol–water partition coefficient (Wildman–Crippen LogP) is 4.49. The Labute approximate surface area is 192 Å². The second-order valence-corrected chi connectivity index (χ2v) is 7.43. The van der Waals surface area contributed by atoms with Crippen LogP contribution < -0.4 is 16.8 Å². The van der Waals surface area contributed by atoms with E-state index in [1.165, 1.54) is 12.2 Å². The lowest BCUT2D eigenvalue weighted by Crippen LogP contribution is -2.08. The Hall–Kier alpha value is -4.58. The van der Waals surface area contributed by atoms with E-state index in [1.807, 2.05) is 55.5 Å². The van der Waals surface area contributed by atoms with Crippen molar-refractivity contribution >= 4 is 41.1 Å². The first kappa shape index (κ1) is 23.1. The van der Waals surface area contributed by atoms with Gasteiger partial charge in [0.25, 0.3) is 0 Å². The van der Waals surface area contributed by atoms with Crippen LogP contribution in [0.1, 0.15) is 27.8 Å². The minimum absolute atomic E-state index is 0.215. The molecule has 3 aromatic carbocycles. The molecule has 1 amide bonds. The van der Waals surface area contributed by atoms with E-state index in [2.05, 4.69) is 5.32 Å². The van der Waals surface area contributed by atoms with Crippen LogP contribution in [0.4, 0.5) is 5.69 Å². The number of rotatable bonds is 7. The summed E-state index contributed by atoms with van der Waals surface area (Å²) in [6.45, 7) is 1.99. The van der Waals surface area contributed by atoms with Gasteiger partial charge in [-0.25, -0.2) is 4.79 Å². The lowest BCUT2D eigenvalue weighted by molar-refractivity contribution is -0.131. The molecular weight excluding hydrogens is 414 g/mol. The third-order valence-corrected chi connectivity index (χ3v) is 4.90. The summed E-state index contributed by atoms with van der Waals surface area (Å²) >= 11 is 0. The van der Waals surface area contributed by atoms with Crippen molar-refractivity contribution in [1.82, 2.24) is 0 Å². The number of hydrogen-bond donors (Lipinski definition) is 4. The van der Waals surface area contributed by atoms with Crippen LogP contribution in [0.15, 0.2) is 84.9 Å². The number of carboxylic acids is 1. The number of carboxylic acid groups (broad SMARTS) is 1. The van der Waals surface area contributed by atoms with Crippen LogP contribution in [0.2, 0.25) is 0 Å². The Morgan fingerprint density at radius 3 is 1.64 bits per heavy atom. The fourth-order valence-corrected chi connectivity index (χ4v) is 3.02. The summed E-state index contributed by atoms with van der Waals surface area (Å²) in [5, 5.41) is 11.5. The first-order valence-corrected chi connectivity index (χ1v) is 10.2. The zero-order valence-electron chi connectivity index (χ0n) is 18.2. The fraction of sp³-hybridized carbons (Fsp3) is 0.0370. The number of aliphatic carboxylic acids is 1. The van der Waals surface area contributed by atoms with Crippen molar-refractivity contribution in [2.75, 3.05) is 5.32 Å². The number of hydrogen-bond acceptors (Lipinski definition) is 4. The Morgan fingerprint density at radius 1 is 0.727 bits per heavy atom. The molecule has 0 spiro atoms. The highest BCUT2D eigenvalue weighted by molar-refractivity contribution is 6.02. The molecule has 166 valence electrons. The molecule has 0 aliphatic rings. The van der Waals surface area contributed by atoms with Gasteiger partial charge in [-0.2, -0.15) is 0 Å². The van der Waals surface area contributed by atoms with Gasteiger partial charge in [0.15, 0.2) is 0 Å². The highest BCUT2D eigenvalue weighted by Gasteiger charge is 2.06. The average molecular weight is 440 g/mol. The van der Waals surface area contributed by atoms with E-state index < -0.39 is 5.97 Å². The van der Waals surface area contributed by atoms with E-state index in [0.29, 0.717) is 11.4 Å². The van der Waals surface area contributed by atoms with E-state index >= 15 is 0 Å². The number of nitrogens with two attached hydrogens (primary N) is 2. The van der Waals surface area contributed by atoms with Crippen LogP contribution in [-0.2, 0) is 9.59 Å². The minimum atomic E-state index is -1.01. The molecule has 0 radical (unpaired) electrons. The summed E-state index contributed by atoms with van der Waals surface area (Å²) in [7, 11) is 0. The molecule has 3 rings (SSSR count). The Morgan fingerprint density at radius 2 is 1.18 bits per heavy atom. The van der Waals surface area contributed by atoms with Crippen molar-refractivity contribution in [1.29, 1.82) is 0 Å². The van der Waals surface area contributed by atoms with Crippen LogP contribution in [0, 0.1) is 6.92 Å². The minimum Gasteiger partial charge on any atom is -0.478 e. The van der Waals surface area contributed by atoms with E-state index in [4.69, 9.17) is 16.6 Å².